The van der Waals surface area contributed by atoms with E-state index in [1.165, 1.54) is 0 Å². The van der Waals surface area contributed by atoms with Crippen molar-refractivity contribution in [2.75, 3.05) is 0 Å². The highest BCUT2D eigenvalue weighted by molar-refractivity contribution is 7.81. The monoisotopic (exact) mass is 148 g/mol. The van der Waals surface area contributed by atoms with Gasteiger partial charge in [0.1, 0.15) is 0 Å². The van der Waals surface area contributed by atoms with Crippen LogP contribution in [0.4, 0.5) is 0 Å². The Labute approximate surface area is 60.0 Å². The molecule has 0 radical (unpaired) electrons. The summed E-state index contributed by atoms with van der Waals surface area (Å²) in [7, 11) is 0. The molecule has 0 saturated carbocycles. The molecule has 0 aliphatic heterocycles. The summed E-state index contributed by atoms with van der Waals surface area (Å²) in [5.74, 6) is 0. The average Bonchev–Trinajstić information content (AvgIpc) is 1.65. The third kappa shape index (κ3) is 4.15. The van der Waals surface area contributed by atoms with Gasteiger partial charge in [0.05, 0.1) is 0 Å². The minimum Gasteiger partial charge on any atom is -0.444 e. The van der Waals surface area contributed by atoms with E-state index in [0.29, 0.717) is 10.1 Å². The van der Waals surface area contributed by atoms with Crippen molar-refractivity contribution in [1.82, 2.24) is 0 Å². The zero-order valence-corrected chi connectivity index (χ0v) is 6.56. The van der Waals surface area contributed by atoms with Gasteiger partial charge >= 0.3 is 0 Å². The molecule has 8 heavy (non-hydrogen) atoms. The Balaban J connectivity index is 3.40. The molecule has 0 fully saturated rings. The molecule has 0 heterocycles. The summed E-state index contributed by atoms with van der Waals surface area (Å²) in [5.41, 5.74) is 0. The van der Waals surface area contributed by atoms with Crippen LogP contribution in [-0.4, -0.2) is 10.1 Å². The molecule has 1 nitrogen and oxygen atoms in total. The van der Waals surface area contributed by atoms with E-state index in [-0.39, 0.29) is 0 Å². The lowest BCUT2D eigenvalue weighted by Gasteiger charge is -1.98. The summed E-state index contributed by atoms with van der Waals surface area (Å²) in [6.07, 6.45) is 0.753. The first-order valence-electron chi connectivity index (χ1n) is 2.38. The molecule has 0 saturated heterocycles. The molecule has 0 aliphatic rings. The van der Waals surface area contributed by atoms with E-state index in [2.05, 4.69) is 12.2 Å². The van der Waals surface area contributed by atoms with Crippen molar-refractivity contribution in [2.24, 2.45) is 0 Å². The fraction of sp³-hybridized carbons (Fsp3) is 0.600. The molecule has 0 amide bonds. The maximum Gasteiger partial charge on any atom is 0.167 e. The average molecular weight is 148 g/mol. The topological polar surface area (TPSA) is 9.23 Å². The molecule has 0 aliphatic carbocycles. The minimum atomic E-state index is 0.497. The highest BCUT2D eigenvalue weighted by Gasteiger charge is 1.91. The van der Waals surface area contributed by atoms with Crippen LogP contribution in [0.1, 0.15) is 20.3 Å². The van der Waals surface area contributed by atoms with E-state index in [1.54, 1.807) is 6.92 Å². The van der Waals surface area contributed by atoms with Crippen molar-refractivity contribution in [3.05, 3.63) is 0 Å². The summed E-state index contributed by atoms with van der Waals surface area (Å²) >= 11 is 9.35. The molecule has 0 rings (SSSR count). The lowest BCUT2D eigenvalue weighted by atomic mass is 10.5. The highest BCUT2D eigenvalue weighted by Crippen LogP contribution is 1.89. The zero-order valence-electron chi connectivity index (χ0n) is 4.93. The van der Waals surface area contributed by atoms with Crippen molar-refractivity contribution >= 4 is 34.5 Å². The molecule has 0 aromatic rings. The molecule has 0 aromatic heterocycles. The van der Waals surface area contributed by atoms with Crippen molar-refractivity contribution in [1.29, 1.82) is 0 Å². The van der Waals surface area contributed by atoms with Crippen LogP contribution < -0.4 is 0 Å². The Bertz CT molecular complexity index is 109. The normalized spacial score (nSPS) is 8.25. The van der Waals surface area contributed by atoms with Crippen LogP contribution in [0, 0.1) is 0 Å². The molecular weight excluding hydrogens is 140 g/mol. The second-order valence-corrected chi connectivity index (χ2v) is 2.35. The van der Waals surface area contributed by atoms with Gasteiger partial charge in [-0.05, 0) is 24.4 Å². The van der Waals surface area contributed by atoms with E-state index in [1.807, 2.05) is 6.92 Å². The largest absolute Gasteiger partial charge is 0.444 e. The molecule has 0 N–H and O–H groups in total. The van der Waals surface area contributed by atoms with Gasteiger partial charge < -0.3 is 4.74 Å². The van der Waals surface area contributed by atoms with Crippen LogP contribution in [0.25, 0.3) is 0 Å². The Morgan fingerprint density at radius 1 is 1.50 bits per heavy atom. The lowest BCUT2D eigenvalue weighted by molar-refractivity contribution is 0.556. The second-order valence-electron chi connectivity index (χ2n) is 1.32. The number of hydrogen-bond donors (Lipinski definition) is 0. The molecule has 0 aromatic carbocycles. The summed E-state index contributed by atoms with van der Waals surface area (Å²) in [4.78, 5) is 0. The van der Waals surface area contributed by atoms with Gasteiger partial charge in [-0.3, -0.25) is 0 Å². The first-order valence-corrected chi connectivity index (χ1v) is 3.19. The third-order valence-electron chi connectivity index (χ3n) is 0.546. The van der Waals surface area contributed by atoms with Crippen LogP contribution in [-0.2, 0) is 4.74 Å². The van der Waals surface area contributed by atoms with Gasteiger partial charge in [0.2, 0.25) is 0 Å². The molecule has 0 unspecified atom stereocenters. The SMILES string of the molecule is CCC(=S)OC(C)=S. The van der Waals surface area contributed by atoms with Crippen LogP contribution >= 0.6 is 24.4 Å². The third-order valence-corrected chi connectivity index (χ3v) is 1.00. The van der Waals surface area contributed by atoms with E-state index >= 15 is 0 Å². The molecule has 0 spiro atoms. The van der Waals surface area contributed by atoms with Gasteiger partial charge in [0.25, 0.3) is 0 Å². The molecule has 3 heteroatoms. The summed E-state index contributed by atoms with van der Waals surface area (Å²) in [6, 6.07) is 0. The van der Waals surface area contributed by atoms with Crippen LogP contribution in [0.5, 0.6) is 0 Å². The molecule has 0 atom stereocenters. The van der Waals surface area contributed by atoms with Gasteiger partial charge in [-0.25, -0.2) is 0 Å². The fourth-order valence-electron chi connectivity index (χ4n) is 0.232. The number of hydrogen-bond acceptors (Lipinski definition) is 3. The van der Waals surface area contributed by atoms with Gasteiger partial charge in [-0.1, -0.05) is 6.92 Å². The van der Waals surface area contributed by atoms with Gasteiger partial charge in [0.15, 0.2) is 10.1 Å². The predicted octanol–water partition coefficient (Wildman–Crippen LogP) is 2.09. The first-order chi connectivity index (χ1) is 3.66. The van der Waals surface area contributed by atoms with Crippen molar-refractivity contribution in [3.63, 3.8) is 0 Å². The summed E-state index contributed by atoms with van der Waals surface area (Å²) < 4.78 is 4.86. The molecule has 46 valence electrons. The van der Waals surface area contributed by atoms with Crippen LogP contribution in [0.3, 0.4) is 0 Å². The van der Waals surface area contributed by atoms with Crippen molar-refractivity contribution < 1.29 is 4.74 Å². The quantitative estimate of drug-likeness (QED) is 0.527. The Hall–Kier alpha value is -0.0200. The van der Waals surface area contributed by atoms with Crippen molar-refractivity contribution in [2.45, 2.75) is 20.3 Å². The molecule has 0 bridgehead atoms. The van der Waals surface area contributed by atoms with Crippen molar-refractivity contribution in [3.8, 4) is 0 Å². The maximum absolute atomic E-state index is 4.86. The van der Waals surface area contributed by atoms with E-state index in [4.69, 9.17) is 17.0 Å². The lowest BCUT2D eigenvalue weighted by Crippen LogP contribution is -2.02. The van der Waals surface area contributed by atoms with Gasteiger partial charge in [-0.2, -0.15) is 0 Å². The number of rotatable bonds is 1. The minimum absolute atomic E-state index is 0.497. The Morgan fingerprint density at radius 3 is 2.12 bits per heavy atom. The van der Waals surface area contributed by atoms with Crippen LogP contribution in [0.15, 0.2) is 0 Å². The van der Waals surface area contributed by atoms with E-state index < -0.39 is 0 Å². The van der Waals surface area contributed by atoms with E-state index in [0.717, 1.165) is 6.42 Å². The second kappa shape index (κ2) is 3.92. The predicted molar refractivity (Wildman–Crippen MR) is 42.2 cm³/mol. The van der Waals surface area contributed by atoms with Gasteiger partial charge in [-0.15, -0.1) is 0 Å². The van der Waals surface area contributed by atoms with Gasteiger partial charge in [0, 0.05) is 13.3 Å². The first kappa shape index (κ1) is 7.98. The van der Waals surface area contributed by atoms with E-state index in [9.17, 15) is 0 Å². The maximum atomic E-state index is 4.86. The zero-order chi connectivity index (χ0) is 6.57. The summed E-state index contributed by atoms with van der Waals surface area (Å²) in [6.45, 7) is 3.64. The molecular formula is C5H8OS2. The van der Waals surface area contributed by atoms with Crippen LogP contribution in [0.2, 0.25) is 0 Å². The fourth-order valence-corrected chi connectivity index (χ4v) is 0.511. The number of thiocarbonyl (C=S) groups is 2. The Kier molecular flexibility index (Phi) is 3.91. The Morgan fingerprint density at radius 2 is 2.00 bits per heavy atom. The summed E-state index contributed by atoms with van der Waals surface area (Å²) in [5, 5.41) is 1.06. The standard InChI is InChI=1S/C5H8OS2/c1-3-5(8)6-4(2)7/h3H2,1-2H3. The number of ether oxygens (including phenoxy) is 1. The highest BCUT2D eigenvalue weighted by atomic mass is 32.1. The smallest absolute Gasteiger partial charge is 0.167 e.